The molecule has 1 aromatic rings. The van der Waals surface area contributed by atoms with Crippen LogP contribution in [0.3, 0.4) is 0 Å². The minimum atomic E-state index is -0.0247. The largest absolute Gasteiger partial charge is 0.351 e. The van der Waals surface area contributed by atoms with Gasteiger partial charge in [-0.05, 0) is 37.4 Å². The standard InChI is InChI=1S/C13H20BrN3O/c1-3-17(4-2)10-9-15-13(18)11-5-7-12(16-14)8-6-11/h5-8,16H,3-4,9-10H2,1-2H3,(H,15,18). The van der Waals surface area contributed by atoms with Crippen LogP contribution in [0.25, 0.3) is 0 Å². The molecule has 0 aromatic heterocycles. The van der Waals surface area contributed by atoms with Crippen LogP contribution in [0.5, 0.6) is 0 Å². The molecule has 1 rings (SSSR count). The first-order valence-corrected chi connectivity index (χ1v) is 6.97. The number of amides is 1. The highest BCUT2D eigenvalue weighted by Gasteiger charge is 2.05. The van der Waals surface area contributed by atoms with E-state index in [0.717, 1.165) is 25.3 Å². The molecule has 0 saturated heterocycles. The molecule has 0 saturated carbocycles. The fourth-order valence-corrected chi connectivity index (χ4v) is 1.92. The second-order valence-corrected chi connectivity index (χ2v) is 4.35. The summed E-state index contributed by atoms with van der Waals surface area (Å²) in [5.74, 6) is -0.0247. The Morgan fingerprint density at radius 3 is 2.33 bits per heavy atom. The number of carbonyl (C=O) groups excluding carboxylic acids is 1. The number of likely N-dealkylation sites (N-methyl/N-ethyl adjacent to an activating group) is 1. The molecule has 2 N–H and O–H groups in total. The second kappa shape index (κ2) is 8.11. The van der Waals surface area contributed by atoms with Gasteiger partial charge in [-0.1, -0.05) is 13.8 Å². The maximum atomic E-state index is 11.8. The monoisotopic (exact) mass is 313 g/mol. The Kier molecular flexibility index (Phi) is 6.75. The first-order valence-electron chi connectivity index (χ1n) is 6.18. The zero-order valence-corrected chi connectivity index (χ0v) is 12.5. The third-order valence-electron chi connectivity index (χ3n) is 2.86. The molecule has 0 aliphatic heterocycles. The molecule has 0 unspecified atom stereocenters. The van der Waals surface area contributed by atoms with Crippen LogP contribution in [0.15, 0.2) is 24.3 Å². The Bertz CT molecular complexity index is 363. The van der Waals surface area contributed by atoms with Gasteiger partial charge in [-0.15, -0.1) is 0 Å². The van der Waals surface area contributed by atoms with Crippen molar-refractivity contribution in [3.05, 3.63) is 29.8 Å². The summed E-state index contributed by atoms with van der Waals surface area (Å²) < 4.78 is 2.84. The predicted molar refractivity (Wildman–Crippen MR) is 79.1 cm³/mol. The van der Waals surface area contributed by atoms with Gasteiger partial charge in [0.2, 0.25) is 0 Å². The van der Waals surface area contributed by atoms with Gasteiger partial charge in [0, 0.05) is 40.5 Å². The molecule has 0 spiro atoms. The molecule has 0 heterocycles. The van der Waals surface area contributed by atoms with Crippen molar-refractivity contribution in [2.45, 2.75) is 13.8 Å². The van der Waals surface area contributed by atoms with Crippen molar-refractivity contribution in [1.82, 2.24) is 10.2 Å². The lowest BCUT2D eigenvalue weighted by atomic mass is 10.2. The molecule has 0 aliphatic carbocycles. The Morgan fingerprint density at radius 1 is 1.22 bits per heavy atom. The topological polar surface area (TPSA) is 44.4 Å². The maximum Gasteiger partial charge on any atom is 0.251 e. The summed E-state index contributed by atoms with van der Waals surface area (Å²) in [6, 6.07) is 7.31. The highest BCUT2D eigenvalue weighted by atomic mass is 79.9. The predicted octanol–water partition coefficient (Wildman–Crippen LogP) is 2.48. The van der Waals surface area contributed by atoms with Crippen LogP contribution in [-0.2, 0) is 0 Å². The summed E-state index contributed by atoms with van der Waals surface area (Å²) >= 11 is 3.14. The van der Waals surface area contributed by atoms with Crippen LogP contribution < -0.4 is 9.66 Å². The van der Waals surface area contributed by atoms with Gasteiger partial charge in [0.15, 0.2) is 0 Å². The van der Waals surface area contributed by atoms with Gasteiger partial charge in [-0.3, -0.25) is 4.79 Å². The molecule has 0 bridgehead atoms. The molecular formula is C13H20BrN3O. The molecule has 0 radical (unpaired) electrons. The number of halogens is 1. The third-order valence-corrected chi connectivity index (χ3v) is 3.32. The van der Waals surface area contributed by atoms with Crippen LogP contribution in [0, 0.1) is 0 Å². The number of carbonyl (C=O) groups is 1. The summed E-state index contributed by atoms with van der Waals surface area (Å²) in [6.45, 7) is 7.84. The molecule has 0 atom stereocenters. The number of nitrogens with zero attached hydrogens (tertiary/aromatic N) is 1. The minimum Gasteiger partial charge on any atom is -0.351 e. The summed E-state index contributed by atoms with van der Waals surface area (Å²) in [7, 11) is 0. The summed E-state index contributed by atoms with van der Waals surface area (Å²) in [4.78, 5) is 14.1. The quantitative estimate of drug-likeness (QED) is 0.760. The van der Waals surface area contributed by atoms with Crippen LogP contribution in [0.2, 0.25) is 0 Å². The number of nitrogens with one attached hydrogen (secondary N) is 2. The van der Waals surface area contributed by atoms with Gasteiger partial charge in [-0.25, -0.2) is 0 Å². The van der Waals surface area contributed by atoms with Gasteiger partial charge >= 0.3 is 0 Å². The Morgan fingerprint density at radius 2 is 1.83 bits per heavy atom. The van der Waals surface area contributed by atoms with Gasteiger partial charge in [-0.2, -0.15) is 0 Å². The molecule has 1 aromatic carbocycles. The van der Waals surface area contributed by atoms with Gasteiger partial charge in [0.25, 0.3) is 5.91 Å². The SMILES string of the molecule is CCN(CC)CCNC(=O)c1ccc(NBr)cc1. The van der Waals surface area contributed by atoms with Crippen molar-refractivity contribution in [2.24, 2.45) is 0 Å². The van der Waals surface area contributed by atoms with Crippen molar-refractivity contribution < 1.29 is 4.79 Å². The number of benzene rings is 1. The zero-order valence-electron chi connectivity index (χ0n) is 10.9. The first-order chi connectivity index (χ1) is 8.71. The molecule has 0 aliphatic rings. The molecule has 18 heavy (non-hydrogen) atoms. The normalized spacial score (nSPS) is 10.4. The van der Waals surface area contributed by atoms with Crippen molar-refractivity contribution in [3.8, 4) is 0 Å². The first kappa shape index (κ1) is 15.0. The van der Waals surface area contributed by atoms with E-state index in [9.17, 15) is 4.79 Å². The van der Waals surface area contributed by atoms with Gasteiger partial charge < -0.3 is 14.6 Å². The summed E-state index contributed by atoms with van der Waals surface area (Å²) in [5.41, 5.74) is 1.61. The number of hydrogen-bond acceptors (Lipinski definition) is 3. The van der Waals surface area contributed by atoms with Crippen LogP contribution in [0.1, 0.15) is 24.2 Å². The Hall–Kier alpha value is -1.07. The molecule has 0 fully saturated rings. The van der Waals surface area contributed by atoms with Crippen molar-refractivity contribution >= 4 is 27.7 Å². The lowest BCUT2D eigenvalue weighted by Gasteiger charge is -2.17. The number of hydrogen-bond donors (Lipinski definition) is 2. The number of anilines is 1. The van der Waals surface area contributed by atoms with E-state index in [0.29, 0.717) is 12.1 Å². The minimum absolute atomic E-state index is 0.0247. The average molecular weight is 314 g/mol. The maximum absolute atomic E-state index is 11.8. The highest BCUT2D eigenvalue weighted by molar-refractivity contribution is 9.10. The number of rotatable bonds is 7. The van der Waals surface area contributed by atoms with Crippen LogP contribution in [-0.4, -0.2) is 37.0 Å². The van der Waals surface area contributed by atoms with Crippen molar-refractivity contribution in [3.63, 3.8) is 0 Å². The third kappa shape index (κ3) is 4.66. The molecule has 100 valence electrons. The van der Waals surface area contributed by atoms with Crippen LogP contribution >= 0.6 is 16.1 Å². The van der Waals surface area contributed by atoms with E-state index in [1.54, 1.807) is 12.1 Å². The van der Waals surface area contributed by atoms with Crippen molar-refractivity contribution in [1.29, 1.82) is 0 Å². The average Bonchev–Trinajstić information content (AvgIpc) is 2.43. The Balaban J connectivity index is 2.40. The Labute approximate surface area is 117 Å². The smallest absolute Gasteiger partial charge is 0.251 e. The van der Waals surface area contributed by atoms with E-state index >= 15 is 0 Å². The molecule has 4 nitrogen and oxygen atoms in total. The summed E-state index contributed by atoms with van der Waals surface area (Å²) in [5, 5.41) is 2.92. The van der Waals surface area contributed by atoms with E-state index < -0.39 is 0 Å². The fourth-order valence-electron chi connectivity index (χ4n) is 1.65. The van der Waals surface area contributed by atoms with Crippen LogP contribution in [0.4, 0.5) is 5.69 Å². The van der Waals surface area contributed by atoms with Crippen molar-refractivity contribution in [2.75, 3.05) is 30.5 Å². The zero-order chi connectivity index (χ0) is 13.4. The molecule has 1 amide bonds. The van der Waals surface area contributed by atoms with E-state index in [2.05, 4.69) is 44.6 Å². The van der Waals surface area contributed by atoms with E-state index in [-0.39, 0.29) is 5.91 Å². The van der Waals surface area contributed by atoms with Gasteiger partial charge in [0.05, 0.1) is 0 Å². The lowest BCUT2D eigenvalue weighted by Crippen LogP contribution is -2.34. The van der Waals surface area contributed by atoms with E-state index in [1.807, 2.05) is 12.1 Å². The highest BCUT2D eigenvalue weighted by Crippen LogP contribution is 2.10. The molecular weight excluding hydrogens is 294 g/mol. The van der Waals surface area contributed by atoms with E-state index in [1.165, 1.54) is 0 Å². The second-order valence-electron chi connectivity index (χ2n) is 3.95. The molecule has 5 heteroatoms. The van der Waals surface area contributed by atoms with E-state index in [4.69, 9.17) is 0 Å². The fraction of sp³-hybridized carbons (Fsp3) is 0.462. The summed E-state index contributed by atoms with van der Waals surface area (Å²) in [6.07, 6.45) is 0. The lowest BCUT2D eigenvalue weighted by molar-refractivity contribution is 0.0949. The van der Waals surface area contributed by atoms with Gasteiger partial charge in [0.1, 0.15) is 0 Å².